The molecule has 19 heavy (non-hydrogen) atoms. The van der Waals surface area contributed by atoms with Crippen LogP contribution in [0, 0.1) is 0 Å². The molecule has 1 aliphatic rings. The first kappa shape index (κ1) is 14.6. The predicted octanol–water partition coefficient (Wildman–Crippen LogP) is 2.72. The van der Waals surface area contributed by atoms with E-state index in [9.17, 15) is 0 Å². The third-order valence-electron chi connectivity index (χ3n) is 4.22. The Morgan fingerprint density at radius 2 is 2.05 bits per heavy atom. The van der Waals surface area contributed by atoms with Gasteiger partial charge in [0.05, 0.1) is 0 Å². The van der Waals surface area contributed by atoms with Gasteiger partial charge in [-0.25, -0.2) is 0 Å². The van der Waals surface area contributed by atoms with Crippen molar-refractivity contribution < 1.29 is 0 Å². The zero-order valence-corrected chi connectivity index (χ0v) is 12.7. The number of hydrogen-bond donors (Lipinski definition) is 1. The van der Waals surface area contributed by atoms with Crippen LogP contribution in [0.25, 0.3) is 0 Å². The number of rotatable bonds is 4. The second kappa shape index (κ2) is 6.60. The first-order chi connectivity index (χ1) is 9.15. The number of benzene rings is 1. The molecule has 2 N–H and O–H groups in total. The maximum Gasteiger partial charge on any atom is 0.0471 e. The molecule has 0 radical (unpaired) electrons. The normalized spacial score (nSPS) is 17.7. The summed E-state index contributed by atoms with van der Waals surface area (Å²) in [6, 6.07) is 6.81. The van der Waals surface area contributed by atoms with Crippen LogP contribution in [-0.4, -0.2) is 37.6 Å². The van der Waals surface area contributed by atoms with E-state index in [1.165, 1.54) is 31.6 Å². The molecule has 0 spiro atoms. The Hall–Kier alpha value is -0.770. The van der Waals surface area contributed by atoms with Gasteiger partial charge in [-0.1, -0.05) is 24.6 Å². The Kier molecular flexibility index (Phi) is 5.08. The van der Waals surface area contributed by atoms with E-state index in [2.05, 4.69) is 29.8 Å². The minimum atomic E-state index is 0.498. The van der Waals surface area contributed by atoms with Crippen LogP contribution < -0.4 is 10.6 Å². The van der Waals surface area contributed by atoms with Gasteiger partial charge in [0.25, 0.3) is 0 Å². The minimum absolute atomic E-state index is 0.498. The second-order valence-electron chi connectivity index (χ2n) is 5.26. The summed E-state index contributed by atoms with van der Waals surface area (Å²) in [5, 5.41) is 0.776. The quantitative estimate of drug-likeness (QED) is 0.921. The van der Waals surface area contributed by atoms with Crippen LogP contribution in [0.4, 0.5) is 5.69 Å². The second-order valence-corrected chi connectivity index (χ2v) is 5.66. The molecule has 1 heterocycles. The number of halogens is 1. The monoisotopic (exact) mass is 281 g/mol. The summed E-state index contributed by atoms with van der Waals surface area (Å²) < 4.78 is 0. The fourth-order valence-electron chi connectivity index (χ4n) is 2.75. The number of hydrogen-bond acceptors (Lipinski definition) is 3. The molecule has 0 atom stereocenters. The molecule has 1 aromatic rings. The Balaban J connectivity index is 2.03. The van der Waals surface area contributed by atoms with Gasteiger partial charge in [-0.3, -0.25) is 0 Å². The molecule has 0 amide bonds. The van der Waals surface area contributed by atoms with E-state index in [0.29, 0.717) is 12.6 Å². The van der Waals surface area contributed by atoms with Crippen molar-refractivity contribution in [1.82, 2.24) is 4.90 Å². The lowest BCUT2D eigenvalue weighted by atomic mass is 10.0. The topological polar surface area (TPSA) is 32.5 Å². The van der Waals surface area contributed by atoms with Gasteiger partial charge in [0, 0.05) is 43.4 Å². The Morgan fingerprint density at radius 3 is 2.58 bits per heavy atom. The highest BCUT2D eigenvalue weighted by atomic mass is 35.5. The van der Waals surface area contributed by atoms with Crippen LogP contribution in [0.15, 0.2) is 18.2 Å². The van der Waals surface area contributed by atoms with Crippen LogP contribution in [-0.2, 0) is 6.54 Å². The molecule has 0 saturated carbocycles. The number of piperidine rings is 1. The van der Waals surface area contributed by atoms with Gasteiger partial charge in [-0.15, -0.1) is 0 Å². The zero-order chi connectivity index (χ0) is 13.8. The molecule has 3 nitrogen and oxygen atoms in total. The van der Waals surface area contributed by atoms with Crippen molar-refractivity contribution in [2.24, 2.45) is 5.73 Å². The SMILES string of the molecule is CCN1CCC(N(C)c2ccc(CN)c(Cl)c2)CC1. The van der Waals surface area contributed by atoms with Crippen molar-refractivity contribution in [3.63, 3.8) is 0 Å². The van der Waals surface area contributed by atoms with Gasteiger partial charge in [-0.05, 0) is 37.1 Å². The molecule has 0 bridgehead atoms. The lowest BCUT2D eigenvalue weighted by molar-refractivity contribution is 0.221. The van der Waals surface area contributed by atoms with Crippen LogP contribution in [0.3, 0.4) is 0 Å². The molecule has 1 saturated heterocycles. The summed E-state index contributed by atoms with van der Waals surface area (Å²) in [4.78, 5) is 4.87. The summed E-state index contributed by atoms with van der Waals surface area (Å²) in [6.07, 6.45) is 2.45. The summed E-state index contributed by atoms with van der Waals surface area (Å²) in [5.41, 5.74) is 7.85. The average molecular weight is 282 g/mol. The zero-order valence-electron chi connectivity index (χ0n) is 11.9. The molecule has 2 rings (SSSR count). The van der Waals surface area contributed by atoms with E-state index in [1.54, 1.807) is 0 Å². The minimum Gasteiger partial charge on any atom is -0.371 e. The van der Waals surface area contributed by atoms with E-state index in [4.69, 9.17) is 17.3 Å². The summed E-state index contributed by atoms with van der Waals surface area (Å²) in [7, 11) is 2.17. The molecule has 4 heteroatoms. The third kappa shape index (κ3) is 3.41. The summed E-state index contributed by atoms with van der Waals surface area (Å²) >= 11 is 6.24. The van der Waals surface area contributed by atoms with Gasteiger partial charge in [0.1, 0.15) is 0 Å². The molecule has 0 aromatic heterocycles. The van der Waals surface area contributed by atoms with E-state index >= 15 is 0 Å². The molecular formula is C15H24ClN3. The number of nitrogens with zero attached hydrogens (tertiary/aromatic N) is 2. The largest absolute Gasteiger partial charge is 0.371 e. The van der Waals surface area contributed by atoms with Crippen LogP contribution in [0.1, 0.15) is 25.3 Å². The molecule has 0 unspecified atom stereocenters. The number of nitrogens with two attached hydrogens (primary N) is 1. The van der Waals surface area contributed by atoms with Gasteiger partial charge >= 0.3 is 0 Å². The predicted molar refractivity (Wildman–Crippen MR) is 82.9 cm³/mol. The van der Waals surface area contributed by atoms with E-state index in [0.717, 1.165) is 17.1 Å². The van der Waals surface area contributed by atoms with Crippen LogP contribution in [0.2, 0.25) is 5.02 Å². The maximum atomic E-state index is 6.24. The summed E-state index contributed by atoms with van der Waals surface area (Å²) in [5.74, 6) is 0. The van der Waals surface area contributed by atoms with E-state index < -0.39 is 0 Å². The van der Waals surface area contributed by atoms with Gasteiger partial charge < -0.3 is 15.5 Å². The standard InChI is InChI=1S/C15H24ClN3/c1-3-19-8-6-13(7-9-19)18(2)14-5-4-12(11-17)15(16)10-14/h4-5,10,13H,3,6-9,11,17H2,1-2H3. The van der Waals surface area contributed by atoms with E-state index in [1.807, 2.05) is 12.1 Å². The van der Waals surface area contributed by atoms with Crippen molar-refractivity contribution >= 4 is 17.3 Å². The molecule has 1 aromatic carbocycles. The highest BCUT2D eigenvalue weighted by Crippen LogP contribution is 2.26. The molecular weight excluding hydrogens is 258 g/mol. The first-order valence-corrected chi connectivity index (χ1v) is 7.47. The van der Waals surface area contributed by atoms with Crippen LogP contribution in [0.5, 0.6) is 0 Å². The highest BCUT2D eigenvalue weighted by Gasteiger charge is 2.22. The highest BCUT2D eigenvalue weighted by molar-refractivity contribution is 6.31. The lowest BCUT2D eigenvalue weighted by Crippen LogP contribution is -2.43. The number of anilines is 1. The van der Waals surface area contributed by atoms with Crippen molar-refractivity contribution in [2.75, 3.05) is 31.6 Å². The average Bonchev–Trinajstić information content (AvgIpc) is 2.46. The van der Waals surface area contributed by atoms with Crippen molar-refractivity contribution in [3.8, 4) is 0 Å². The smallest absolute Gasteiger partial charge is 0.0471 e. The van der Waals surface area contributed by atoms with Gasteiger partial charge in [-0.2, -0.15) is 0 Å². The molecule has 106 valence electrons. The molecule has 0 aliphatic carbocycles. The van der Waals surface area contributed by atoms with E-state index in [-0.39, 0.29) is 0 Å². The molecule has 1 fully saturated rings. The lowest BCUT2D eigenvalue weighted by Gasteiger charge is -2.37. The third-order valence-corrected chi connectivity index (χ3v) is 4.57. The Morgan fingerprint density at radius 1 is 1.37 bits per heavy atom. The first-order valence-electron chi connectivity index (χ1n) is 7.09. The molecule has 1 aliphatic heterocycles. The van der Waals surface area contributed by atoms with Crippen molar-refractivity contribution in [1.29, 1.82) is 0 Å². The van der Waals surface area contributed by atoms with Gasteiger partial charge in [0.15, 0.2) is 0 Å². The van der Waals surface area contributed by atoms with Crippen molar-refractivity contribution in [3.05, 3.63) is 28.8 Å². The van der Waals surface area contributed by atoms with Crippen molar-refractivity contribution in [2.45, 2.75) is 32.4 Å². The fraction of sp³-hybridized carbons (Fsp3) is 0.600. The summed E-state index contributed by atoms with van der Waals surface area (Å²) in [6.45, 7) is 6.28. The van der Waals surface area contributed by atoms with Crippen LogP contribution >= 0.6 is 11.6 Å². The number of likely N-dealkylation sites (tertiary alicyclic amines) is 1. The maximum absolute atomic E-state index is 6.24. The Bertz CT molecular complexity index is 414. The van der Waals surface area contributed by atoms with Gasteiger partial charge in [0.2, 0.25) is 0 Å². The Labute approximate surface area is 121 Å². The fourth-order valence-corrected chi connectivity index (χ4v) is 3.01.